The fraction of sp³-hybridized carbons (Fsp3) is 0.706. The van der Waals surface area contributed by atoms with Gasteiger partial charge in [-0.3, -0.25) is 4.90 Å². The van der Waals surface area contributed by atoms with E-state index in [1.165, 1.54) is 31.2 Å². The van der Waals surface area contributed by atoms with Crippen molar-refractivity contribution in [3.05, 3.63) is 23.9 Å². The molecule has 4 nitrogen and oxygen atoms in total. The summed E-state index contributed by atoms with van der Waals surface area (Å²) in [5, 5.41) is 9.61. The Morgan fingerprint density at radius 2 is 2.05 bits per heavy atom. The normalized spacial score (nSPS) is 24.7. The van der Waals surface area contributed by atoms with Gasteiger partial charge in [-0.05, 0) is 57.2 Å². The lowest BCUT2D eigenvalue weighted by molar-refractivity contribution is 0.130. The first kappa shape index (κ1) is 14.8. The summed E-state index contributed by atoms with van der Waals surface area (Å²) >= 11 is 0. The summed E-state index contributed by atoms with van der Waals surface area (Å²) in [4.78, 5) is 9.51. The van der Waals surface area contributed by atoms with Crippen molar-refractivity contribution < 1.29 is 5.11 Å². The molecule has 2 saturated heterocycles. The summed E-state index contributed by atoms with van der Waals surface area (Å²) in [6.45, 7) is 6.29. The molecule has 116 valence electrons. The summed E-state index contributed by atoms with van der Waals surface area (Å²) in [6.07, 6.45) is 7.76. The predicted octanol–water partition coefficient (Wildman–Crippen LogP) is 2.42. The van der Waals surface area contributed by atoms with E-state index >= 15 is 0 Å². The molecule has 3 heterocycles. The first-order valence-corrected chi connectivity index (χ1v) is 8.34. The van der Waals surface area contributed by atoms with E-state index in [1.54, 1.807) is 0 Å². The van der Waals surface area contributed by atoms with Gasteiger partial charge in [-0.15, -0.1) is 0 Å². The SMILES string of the molecule is CC(O)CC1CCCN1Cc1ccc(N2CCCC2)nc1. The Hall–Kier alpha value is -1.13. The van der Waals surface area contributed by atoms with Gasteiger partial charge in [-0.2, -0.15) is 0 Å². The minimum atomic E-state index is -0.203. The van der Waals surface area contributed by atoms with Crippen molar-refractivity contribution in [1.29, 1.82) is 0 Å². The van der Waals surface area contributed by atoms with Gasteiger partial charge in [0.2, 0.25) is 0 Å². The molecule has 1 aromatic heterocycles. The van der Waals surface area contributed by atoms with Gasteiger partial charge >= 0.3 is 0 Å². The van der Waals surface area contributed by atoms with Gasteiger partial charge in [0.1, 0.15) is 5.82 Å². The number of aromatic nitrogens is 1. The number of rotatable bonds is 5. The zero-order valence-corrected chi connectivity index (χ0v) is 13.0. The molecule has 2 atom stereocenters. The van der Waals surface area contributed by atoms with Crippen LogP contribution in [0.15, 0.2) is 18.3 Å². The second-order valence-electron chi connectivity index (χ2n) is 6.57. The van der Waals surface area contributed by atoms with Crippen molar-refractivity contribution in [2.24, 2.45) is 0 Å². The van der Waals surface area contributed by atoms with E-state index in [4.69, 9.17) is 0 Å². The van der Waals surface area contributed by atoms with Crippen LogP contribution in [-0.2, 0) is 6.54 Å². The standard InChI is InChI=1S/C17H27N3O/c1-14(21)11-16-5-4-10-20(16)13-15-6-7-17(18-12-15)19-8-2-3-9-19/h6-7,12,14,16,21H,2-5,8-11,13H2,1H3. The number of pyridine rings is 1. The molecule has 1 aromatic rings. The van der Waals surface area contributed by atoms with Crippen LogP contribution < -0.4 is 4.90 Å². The maximum absolute atomic E-state index is 9.61. The fourth-order valence-corrected chi connectivity index (χ4v) is 3.64. The lowest BCUT2D eigenvalue weighted by Crippen LogP contribution is -2.31. The molecule has 0 bridgehead atoms. The van der Waals surface area contributed by atoms with Crippen molar-refractivity contribution in [1.82, 2.24) is 9.88 Å². The molecule has 0 saturated carbocycles. The zero-order valence-electron chi connectivity index (χ0n) is 13.0. The van der Waals surface area contributed by atoms with Gasteiger partial charge in [0.15, 0.2) is 0 Å². The molecule has 1 N–H and O–H groups in total. The van der Waals surface area contributed by atoms with Crippen molar-refractivity contribution in [3.63, 3.8) is 0 Å². The third-order valence-corrected chi connectivity index (χ3v) is 4.74. The smallest absolute Gasteiger partial charge is 0.128 e. The summed E-state index contributed by atoms with van der Waals surface area (Å²) < 4.78 is 0. The van der Waals surface area contributed by atoms with Crippen LogP contribution in [0.25, 0.3) is 0 Å². The van der Waals surface area contributed by atoms with Gasteiger partial charge in [-0.25, -0.2) is 4.98 Å². The topological polar surface area (TPSA) is 39.6 Å². The Balaban J connectivity index is 1.59. The Kier molecular flexibility index (Phi) is 4.76. The Bertz CT molecular complexity index is 440. The van der Waals surface area contributed by atoms with Gasteiger partial charge in [0, 0.05) is 31.9 Å². The fourth-order valence-electron chi connectivity index (χ4n) is 3.64. The number of likely N-dealkylation sites (tertiary alicyclic amines) is 1. The number of anilines is 1. The van der Waals surface area contributed by atoms with Crippen LogP contribution in [0.5, 0.6) is 0 Å². The van der Waals surface area contributed by atoms with Gasteiger partial charge in [-0.1, -0.05) is 6.07 Å². The minimum Gasteiger partial charge on any atom is -0.393 e. The quantitative estimate of drug-likeness (QED) is 0.903. The molecule has 2 aliphatic heterocycles. The zero-order chi connectivity index (χ0) is 14.7. The molecule has 0 radical (unpaired) electrons. The van der Waals surface area contributed by atoms with Crippen molar-refractivity contribution in [2.45, 2.75) is 57.7 Å². The Morgan fingerprint density at radius 1 is 1.24 bits per heavy atom. The third kappa shape index (κ3) is 3.74. The largest absolute Gasteiger partial charge is 0.393 e. The highest BCUT2D eigenvalue weighted by Gasteiger charge is 2.25. The molecular formula is C17H27N3O. The highest BCUT2D eigenvalue weighted by atomic mass is 16.3. The molecule has 3 rings (SSSR count). The van der Waals surface area contributed by atoms with Gasteiger partial charge < -0.3 is 10.0 Å². The van der Waals surface area contributed by atoms with E-state index in [0.29, 0.717) is 6.04 Å². The van der Waals surface area contributed by atoms with Crippen LogP contribution in [-0.4, -0.2) is 46.8 Å². The lowest BCUT2D eigenvalue weighted by atomic mass is 10.1. The van der Waals surface area contributed by atoms with E-state index in [0.717, 1.165) is 38.4 Å². The average molecular weight is 289 g/mol. The monoisotopic (exact) mass is 289 g/mol. The van der Waals surface area contributed by atoms with E-state index in [-0.39, 0.29) is 6.10 Å². The van der Waals surface area contributed by atoms with Crippen LogP contribution in [0.2, 0.25) is 0 Å². The third-order valence-electron chi connectivity index (χ3n) is 4.74. The maximum atomic E-state index is 9.61. The van der Waals surface area contributed by atoms with E-state index in [1.807, 2.05) is 13.1 Å². The molecule has 0 aliphatic carbocycles. The molecule has 0 spiro atoms. The number of hydrogen-bond donors (Lipinski definition) is 1. The number of aliphatic hydroxyl groups is 1. The summed E-state index contributed by atoms with van der Waals surface area (Å²) in [7, 11) is 0. The second-order valence-corrected chi connectivity index (χ2v) is 6.57. The van der Waals surface area contributed by atoms with E-state index in [2.05, 4.69) is 26.9 Å². The highest BCUT2D eigenvalue weighted by Crippen LogP contribution is 2.24. The minimum absolute atomic E-state index is 0.203. The molecular weight excluding hydrogens is 262 g/mol. The van der Waals surface area contributed by atoms with Crippen molar-refractivity contribution >= 4 is 5.82 Å². The maximum Gasteiger partial charge on any atom is 0.128 e. The van der Waals surface area contributed by atoms with Crippen LogP contribution in [0.4, 0.5) is 5.82 Å². The molecule has 2 aliphatic rings. The Morgan fingerprint density at radius 3 is 2.71 bits per heavy atom. The second kappa shape index (κ2) is 6.75. The molecule has 0 aromatic carbocycles. The lowest BCUT2D eigenvalue weighted by Gasteiger charge is -2.25. The predicted molar refractivity (Wildman–Crippen MR) is 85.4 cm³/mol. The average Bonchev–Trinajstić information content (AvgIpc) is 3.12. The summed E-state index contributed by atoms with van der Waals surface area (Å²) in [6, 6.07) is 4.92. The molecule has 2 fully saturated rings. The van der Waals surface area contributed by atoms with Crippen LogP contribution in [0, 0.1) is 0 Å². The van der Waals surface area contributed by atoms with Crippen LogP contribution >= 0.6 is 0 Å². The summed E-state index contributed by atoms with van der Waals surface area (Å²) in [5.41, 5.74) is 1.29. The first-order chi connectivity index (χ1) is 10.2. The van der Waals surface area contributed by atoms with Crippen molar-refractivity contribution in [2.75, 3.05) is 24.5 Å². The van der Waals surface area contributed by atoms with Gasteiger partial charge in [0.25, 0.3) is 0 Å². The molecule has 21 heavy (non-hydrogen) atoms. The van der Waals surface area contributed by atoms with Crippen molar-refractivity contribution in [3.8, 4) is 0 Å². The molecule has 2 unspecified atom stereocenters. The van der Waals surface area contributed by atoms with E-state index in [9.17, 15) is 5.11 Å². The Labute approximate surface area is 127 Å². The van der Waals surface area contributed by atoms with Crippen LogP contribution in [0.3, 0.4) is 0 Å². The highest BCUT2D eigenvalue weighted by molar-refractivity contribution is 5.40. The van der Waals surface area contributed by atoms with Gasteiger partial charge in [0.05, 0.1) is 6.10 Å². The molecule has 4 heteroatoms. The van der Waals surface area contributed by atoms with Crippen LogP contribution in [0.1, 0.15) is 44.6 Å². The van der Waals surface area contributed by atoms with E-state index < -0.39 is 0 Å². The summed E-state index contributed by atoms with van der Waals surface area (Å²) in [5.74, 6) is 1.12. The number of aliphatic hydroxyl groups excluding tert-OH is 1. The number of hydrogen-bond acceptors (Lipinski definition) is 4. The molecule has 0 amide bonds. The number of nitrogens with zero attached hydrogens (tertiary/aromatic N) is 3. The first-order valence-electron chi connectivity index (χ1n) is 8.34.